The zero-order valence-electron chi connectivity index (χ0n) is 19.6. The highest BCUT2D eigenvalue weighted by Crippen LogP contribution is 2.55. The number of phenols is 2. The van der Waals surface area contributed by atoms with E-state index in [0.717, 1.165) is 36.3 Å². The lowest BCUT2D eigenvalue weighted by Crippen LogP contribution is -2.44. The Morgan fingerprint density at radius 2 is 1.71 bits per heavy atom. The standard InChI is InChI=1S/C30H31NO3/c1-19(29-4-2-3-13-31-29)34-26-11-7-21-17-30(18-23(21)15-26)27-12-10-25(33)14-22(27)16-28(30)20-5-8-24(32)9-6-20/h5-12,14-16,19,29,31-33H,2-4,13,17-18H2,1H3. The molecule has 0 aromatic heterocycles. The van der Waals surface area contributed by atoms with Crippen LogP contribution in [0.25, 0.3) is 11.6 Å². The third-order valence-electron chi connectivity index (χ3n) is 7.94. The average Bonchev–Trinajstić information content (AvgIpc) is 3.37. The molecule has 1 fully saturated rings. The molecule has 1 spiro atoms. The number of rotatable bonds is 4. The summed E-state index contributed by atoms with van der Waals surface area (Å²) in [6.07, 6.45) is 7.82. The van der Waals surface area contributed by atoms with E-state index in [4.69, 9.17) is 4.74 Å². The smallest absolute Gasteiger partial charge is 0.120 e. The maximum absolute atomic E-state index is 10.1. The Hall–Kier alpha value is -3.24. The van der Waals surface area contributed by atoms with Crippen molar-refractivity contribution in [3.8, 4) is 17.2 Å². The van der Waals surface area contributed by atoms with Gasteiger partial charge in [-0.3, -0.25) is 0 Å². The van der Waals surface area contributed by atoms with Gasteiger partial charge in [0.15, 0.2) is 0 Å². The van der Waals surface area contributed by atoms with Crippen LogP contribution in [-0.2, 0) is 18.3 Å². The first-order valence-electron chi connectivity index (χ1n) is 12.4. The molecule has 0 amide bonds. The van der Waals surface area contributed by atoms with Crippen LogP contribution in [0.5, 0.6) is 17.2 Å². The summed E-state index contributed by atoms with van der Waals surface area (Å²) in [6, 6.07) is 20.2. The molecule has 174 valence electrons. The van der Waals surface area contributed by atoms with E-state index >= 15 is 0 Å². The van der Waals surface area contributed by atoms with Crippen molar-refractivity contribution in [2.45, 2.75) is 56.6 Å². The molecule has 2 aliphatic carbocycles. The normalized spacial score (nSPS) is 23.9. The number of aromatic hydroxyl groups is 2. The van der Waals surface area contributed by atoms with Crippen LogP contribution >= 0.6 is 0 Å². The van der Waals surface area contributed by atoms with Crippen molar-refractivity contribution < 1.29 is 14.9 Å². The van der Waals surface area contributed by atoms with Crippen LogP contribution < -0.4 is 10.1 Å². The lowest BCUT2D eigenvalue weighted by atomic mass is 9.72. The number of phenolic OH excluding ortho intramolecular Hbond substituents is 2. The second-order valence-corrected chi connectivity index (χ2v) is 10.1. The van der Waals surface area contributed by atoms with Crippen molar-refractivity contribution in [1.29, 1.82) is 0 Å². The van der Waals surface area contributed by atoms with Gasteiger partial charge in [-0.1, -0.05) is 30.7 Å². The molecule has 0 saturated carbocycles. The maximum atomic E-state index is 10.1. The lowest BCUT2D eigenvalue weighted by Gasteiger charge is -2.30. The zero-order chi connectivity index (χ0) is 23.3. The Labute approximate surface area is 200 Å². The van der Waals surface area contributed by atoms with Crippen LogP contribution in [0.15, 0.2) is 60.7 Å². The van der Waals surface area contributed by atoms with Crippen LogP contribution in [0, 0.1) is 0 Å². The minimum Gasteiger partial charge on any atom is -0.508 e. The fourth-order valence-electron chi connectivity index (χ4n) is 6.23. The Morgan fingerprint density at radius 1 is 0.912 bits per heavy atom. The molecule has 1 heterocycles. The second kappa shape index (κ2) is 8.21. The van der Waals surface area contributed by atoms with Crippen molar-refractivity contribution in [3.63, 3.8) is 0 Å². The molecule has 0 radical (unpaired) electrons. The van der Waals surface area contributed by atoms with E-state index in [1.54, 1.807) is 18.2 Å². The third-order valence-corrected chi connectivity index (χ3v) is 7.94. The molecule has 3 aliphatic rings. The molecule has 1 aliphatic heterocycles. The summed E-state index contributed by atoms with van der Waals surface area (Å²) in [7, 11) is 0. The third kappa shape index (κ3) is 3.57. The largest absolute Gasteiger partial charge is 0.508 e. The quantitative estimate of drug-likeness (QED) is 0.481. The number of nitrogens with one attached hydrogen (secondary N) is 1. The van der Waals surface area contributed by atoms with Gasteiger partial charge in [-0.2, -0.15) is 0 Å². The van der Waals surface area contributed by atoms with Crippen LogP contribution in [0.2, 0.25) is 0 Å². The molecule has 6 rings (SSSR count). The van der Waals surface area contributed by atoms with Gasteiger partial charge < -0.3 is 20.3 Å². The maximum Gasteiger partial charge on any atom is 0.120 e. The van der Waals surface area contributed by atoms with Crippen LogP contribution in [0.1, 0.15) is 54.0 Å². The van der Waals surface area contributed by atoms with E-state index in [1.165, 1.54) is 41.5 Å². The summed E-state index contributed by atoms with van der Waals surface area (Å²) in [5, 5.41) is 23.6. The van der Waals surface area contributed by atoms with Gasteiger partial charge in [-0.15, -0.1) is 0 Å². The molecule has 3 N–H and O–H groups in total. The van der Waals surface area contributed by atoms with E-state index in [1.807, 2.05) is 18.2 Å². The summed E-state index contributed by atoms with van der Waals surface area (Å²) >= 11 is 0. The predicted octanol–water partition coefficient (Wildman–Crippen LogP) is 5.60. The molecule has 34 heavy (non-hydrogen) atoms. The highest BCUT2D eigenvalue weighted by molar-refractivity contribution is 5.96. The summed E-state index contributed by atoms with van der Waals surface area (Å²) < 4.78 is 6.40. The number of piperidine rings is 1. The van der Waals surface area contributed by atoms with Crippen LogP contribution in [0.4, 0.5) is 0 Å². The number of hydrogen-bond acceptors (Lipinski definition) is 4. The zero-order valence-corrected chi connectivity index (χ0v) is 19.6. The van der Waals surface area contributed by atoms with Gasteiger partial charge in [-0.25, -0.2) is 0 Å². The summed E-state index contributed by atoms with van der Waals surface area (Å²) in [6.45, 7) is 3.25. The summed E-state index contributed by atoms with van der Waals surface area (Å²) in [5.74, 6) is 1.49. The Bertz CT molecular complexity index is 1260. The van der Waals surface area contributed by atoms with Crippen LogP contribution in [0.3, 0.4) is 0 Å². The lowest BCUT2D eigenvalue weighted by molar-refractivity contribution is 0.152. The van der Waals surface area contributed by atoms with Gasteiger partial charge in [0, 0.05) is 11.5 Å². The van der Waals surface area contributed by atoms with E-state index in [0.29, 0.717) is 6.04 Å². The Morgan fingerprint density at radius 3 is 2.50 bits per heavy atom. The average molecular weight is 454 g/mol. The molecule has 3 atom stereocenters. The fraction of sp³-hybridized carbons (Fsp3) is 0.333. The Balaban J connectivity index is 1.34. The molecule has 4 heteroatoms. The minimum absolute atomic E-state index is 0.136. The number of benzene rings is 3. The van der Waals surface area contributed by atoms with Crippen LogP contribution in [-0.4, -0.2) is 28.9 Å². The number of ether oxygens (including phenoxy) is 1. The first-order chi connectivity index (χ1) is 16.5. The van der Waals surface area contributed by atoms with Gasteiger partial charge in [0.1, 0.15) is 23.4 Å². The molecule has 0 bridgehead atoms. The van der Waals surface area contributed by atoms with Gasteiger partial charge >= 0.3 is 0 Å². The topological polar surface area (TPSA) is 61.7 Å². The first-order valence-corrected chi connectivity index (χ1v) is 12.4. The van der Waals surface area contributed by atoms with Crippen molar-refractivity contribution in [2.24, 2.45) is 0 Å². The fourth-order valence-corrected chi connectivity index (χ4v) is 6.23. The molecule has 3 aromatic carbocycles. The van der Waals surface area contributed by atoms with Gasteiger partial charge in [0.25, 0.3) is 0 Å². The molecule has 4 nitrogen and oxygen atoms in total. The number of allylic oxidation sites excluding steroid dienone is 1. The van der Waals surface area contributed by atoms with Crippen molar-refractivity contribution >= 4 is 11.6 Å². The number of hydrogen-bond donors (Lipinski definition) is 3. The van der Waals surface area contributed by atoms with E-state index in [-0.39, 0.29) is 23.0 Å². The van der Waals surface area contributed by atoms with Crippen molar-refractivity contribution in [3.05, 3.63) is 88.5 Å². The monoisotopic (exact) mass is 453 g/mol. The summed E-state index contributed by atoms with van der Waals surface area (Å²) in [4.78, 5) is 0. The minimum atomic E-state index is -0.183. The summed E-state index contributed by atoms with van der Waals surface area (Å²) in [5.41, 5.74) is 7.17. The second-order valence-electron chi connectivity index (χ2n) is 10.1. The SMILES string of the molecule is CC(Oc1ccc2c(c1)CC1(C2)C(c2ccc(O)cc2)=Cc2cc(O)ccc21)C1CCCCN1. The predicted molar refractivity (Wildman–Crippen MR) is 135 cm³/mol. The molecular formula is C30H31NO3. The van der Waals surface area contributed by atoms with E-state index in [9.17, 15) is 10.2 Å². The van der Waals surface area contributed by atoms with E-state index < -0.39 is 0 Å². The van der Waals surface area contributed by atoms with Crippen molar-refractivity contribution in [2.75, 3.05) is 6.54 Å². The Kier molecular flexibility index (Phi) is 5.14. The highest BCUT2D eigenvalue weighted by Gasteiger charge is 2.46. The molecule has 1 saturated heterocycles. The van der Waals surface area contributed by atoms with E-state index in [2.05, 4.69) is 42.6 Å². The highest BCUT2D eigenvalue weighted by atomic mass is 16.5. The molecule has 3 aromatic rings. The number of fused-ring (bicyclic) bond motifs is 3. The van der Waals surface area contributed by atoms with Crippen molar-refractivity contribution in [1.82, 2.24) is 5.32 Å². The van der Waals surface area contributed by atoms with Gasteiger partial charge in [-0.05, 0) is 115 Å². The van der Waals surface area contributed by atoms with Gasteiger partial charge in [0.05, 0.1) is 0 Å². The molecular weight excluding hydrogens is 422 g/mol. The molecule has 3 unspecified atom stereocenters. The van der Waals surface area contributed by atoms with Gasteiger partial charge in [0.2, 0.25) is 0 Å². The first kappa shape index (κ1) is 21.3.